The first-order valence-electron chi connectivity index (χ1n) is 5.19. The number of nitrogen functional groups attached to an aromatic ring is 1. The molecule has 18 heavy (non-hydrogen) atoms. The number of hydrogen-bond donors (Lipinski definition) is 4. The lowest BCUT2D eigenvalue weighted by atomic mass is 10.0. The van der Waals surface area contributed by atoms with E-state index in [-0.39, 0.29) is 18.9 Å². The lowest BCUT2D eigenvalue weighted by molar-refractivity contribution is -0.142. The predicted octanol–water partition coefficient (Wildman–Crippen LogP) is -0.390. The first-order chi connectivity index (χ1) is 8.28. The van der Waals surface area contributed by atoms with Crippen LogP contribution in [0.1, 0.15) is 19.0 Å². The molecule has 1 aromatic rings. The van der Waals surface area contributed by atoms with E-state index in [2.05, 4.69) is 10.3 Å². The number of nitrogens with zero attached hydrogens (tertiary/aromatic N) is 1. The molecule has 0 saturated heterocycles. The van der Waals surface area contributed by atoms with Gasteiger partial charge in [0.25, 0.3) is 0 Å². The SMILES string of the molecule is CC(O)(CNC(=O)Cc1csc(N)n1)CC(=O)O. The molecule has 1 heterocycles. The van der Waals surface area contributed by atoms with Crippen molar-refractivity contribution in [3.05, 3.63) is 11.1 Å². The third-order valence-corrected chi connectivity index (χ3v) is 2.83. The first-order valence-corrected chi connectivity index (χ1v) is 6.07. The summed E-state index contributed by atoms with van der Waals surface area (Å²) in [4.78, 5) is 25.9. The lowest BCUT2D eigenvalue weighted by Crippen LogP contribution is -2.42. The molecule has 1 rings (SSSR count). The van der Waals surface area contributed by atoms with E-state index in [0.717, 1.165) is 0 Å². The van der Waals surface area contributed by atoms with Crippen LogP contribution < -0.4 is 11.1 Å². The summed E-state index contributed by atoms with van der Waals surface area (Å²) >= 11 is 1.24. The van der Waals surface area contributed by atoms with Gasteiger partial charge in [0.15, 0.2) is 5.13 Å². The molecule has 0 aliphatic heterocycles. The molecule has 0 aliphatic carbocycles. The van der Waals surface area contributed by atoms with Crippen molar-refractivity contribution in [2.75, 3.05) is 12.3 Å². The van der Waals surface area contributed by atoms with Crippen LogP contribution in [0.25, 0.3) is 0 Å². The average molecular weight is 273 g/mol. The molecule has 0 fully saturated rings. The van der Waals surface area contributed by atoms with Gasteiger partial charge in [0.05, 0.1) is 24.1 Å². The van der Waals surface area contributed by atoms with Crippen molar-refractivity contribution in [2.24, 2.45) is 0 Å². The fourth-order valence-electron chi connectivity index (χ4n) is 1.31. The van der Waals surface area contributed by atoms with Crippen LogP contribution in [-0.2, 0) is 16.0 Å². The molecule has 0 spiro atoms. The molecule has 1 amide bonds. The number of anilines is 1. The third kappa shape index (κ3) is 5.11. The lowest BCUT2D eigenvalue weighted by Gasteiger charge is -2.21. The predicted molar refractivity (Wildman–Crippen MR) is 66.1 cm³/mol. The first kappa shape index (κ1) is 14.4. The second-order valence-corrected chi connectivity index (χ2v) is 5.09. The summed E-state index contributed by atoms with van der Waals surface area (Å²) in [7, 11) is 0. The molecule has 0 aliphatic rings. The van der Waals surface area contributed by atoms with E-state index in [1.165, 1.54) is 18.3 Å². The van der Waals surface area contributed by atoms with Gasteiger partial charge in [0, 0.05) is 11.9 Å². The van der Waals surface area contributed by atoms with Gasteiger partial charge in [-0.1, -0.05) is 0 Å². The molecule has 0 radical (unpaired) electrons. The standard InChI is InChI=1S/C10H15N3O4S/c1-10(17,3-8(15)16)5-12-7(14)2-6-4-18-9(11)13-6/h4,17H,2-3,5H2,1H3,(H2,11,13)(H,12,14)(H,15,16). The summed E-state index contributed by atoms with van der Waals surface area (Å²) in [5.41, 5.74) is 4.50. The minimum absolute atomic E-state index is 0.0524. The number of carbonyl (C=O) groups is 2. The highest BCUT2D eigenvalue weighted by molar-refractivity contribution is 7.13. The summed E-state index contributed by atoms with van der Waals surface area (Å²) in [5, 5.41) is 22.7. The molecule has 0 bridgehead atoms. The van der Waals surface area contributed by atoms with Crippen molar-refractivity contribution in [3.8, 4) is 0 Å². The van der Waals surface area contributed by atoms with Gasteiger partial charge < -0.3 is 21.3 Å². The van der Waals surface area contributed by atoms with Crippen molar-refractivity contribution in [3.63, 3.8) is 0 Å². The van der Waals surface area contributed by atoms with Gasteiger partial charge >= 0.3 is 5.97 Å². The Hall–Kier alpha value is -1.67. The summed E-state index contributed by atoms with van der Waals surface area (Å²) in [6, 6.07) is 0. The Morgan fingerprint density at radius 2 is 2.28 bits per heavy atom. The second kappa shape index (κ2) is 5.78. The Kier molecular flexibility index (Phi) is 4.62. The van der Waals surface area contributed by atoms with Crippen LogP contribution in [0, 0.1) is 0 Å². The minimum Gasteiger partial charge on any atom is -0.481 e. The van der Waals surface area contributed by atoms with Gasteiger partial charge in [0.2, 0.25) is 5.91 Å². The Morgan fingerprint density at radius 1 is 1.61 bits per heavy atom. The molecule has 1 atom stereocenters. The number of amides is 1. The zero-order chi connectivity index (χ0) is 13.8. The maximum atomic E-state index is 11.5. The van der Waals surface area contributed by atoms with Crippen molar-refractivity contribution in [2.45, 2.75) is 25.4 Å². The van der Waals surface area contributed by atoms with E-state index in [1.54, 1.807) is 5.38 Å². The van der Waals surface area contributed by atoms with E-state index in [9.17, 15) is 14.7 Å². The van der Waals surface area contributed by atoms with Crippen molar-refractivity contribution >= 4 is 28.3 Å². The van der Waals surface area contributed by atoms with Gasteiger partial charge in [0.1, 0.15) is 0 Å². The van der Waals surface area contributed by atoms with Crippen LogP contribution in [0.2, 0.25) is 0 Å². The van der Waals surface area contributed by atoms with Gasteiger partial charge in [-0.15, -0.1) is 11.3 Å². The van der Waals surface area contributed by atoms with Crippen molar-refractivity contribution < 1.29 is 19.8 Å². The molecule has 1 aromatic heterocycles. The molecular weight excluding hydrogens is 258 g/mol. The summed E-state index contributed by atoms with van der Waals surface area (Å²) in [5.74, 6) is -1.47. The highest BCUT2D eigenvalue weighted by Crippen LogP contribution is 2.11. The third-order valence-electron chi connectivity index (χ3n) is 2.11. The number of rotatable bonds is 6. The van der Waals surface area contributed by atoms with Crippen LogP contribution in [0.4, 0.5) is 5.13 Å². The zero-order valence-electron chi connectivity index (χ0n) is 9.84. The van der Waals surface area contributed by atoms with Gasteiger partial charge in [-0.25, -0.2) is 4.98 Å². The second-order valence-electron chi connectivity index (χ2n) is 4.20. The number of carbonyl (C=O) groups excluding carboxylic acids is 1. The zero-order valence-corrected chi connectivity index (χ0v) is 10.7. The number of carboxylic acid groups (broad SMARTS) is 1. The quantitative estimate of drug-likeness (QED) is 0.559. The average Bonchev–Trinajstić information content (AvgIpc) is 2.59. The molecular formula is C10H15N3O4S. The summed E-state index contributed by atoms with van der Waals surface area (Å²) < 4.78 is 0. The fourth-order valence-corrected chi connectivity index (χ4v) is 1.87. The molecule has 1 unspecified atom stereocenters. The Balaban J connectivity index is 2.39. The van der Waals surface area contributed by atoms with Crippen LogP contribution in [0.5, 0.6) is 0 Å². The van der Waals surface area contributed by atoms with E-state index in [1.807, 2.05) is 0 Å². The maximum Gasteiger partial charge on any atom is 0.306 e. The normalized spacial score (nSPS) is 13.9. The number of nitrogens with two attached hydrogens (primary N) is 1. The number of nitrogens with one attached hydrogen (secondary N) is 1. The monoisotopic (exact) mass is 273 g/mol. The molecule has 7 nitrogen and oxygen atoms in total. The van der Waals surface area contributed by atoms with Crippen LogP contribution in [0.15, 0.2) is 5.38 Å². The number of hydrogen-bond acceptors (Lipinski definition) is 6. The molecule has 5 N–H and O–H groups in total. The molecule has 8 heteroatoms. The fraction of sp³-hybridized carbons (Fsp3) is 0.500. The number of thiazole rings is 1. The van der Waals surface area contributed by atoms with Crippen molar-refractivity contribution in [1.82, 2.24) is 10.3 Å². The Morgan fingerprint density at radius 3 is 2.78 bits per heavy atom. The highest BCUT2D eigenvalue weighted by Gasteiger charge is 2.24. The number of carboxylic acids is 1. The molecule has 0 aromatic carbocycles. The van der Waals surface area contributed by atoms with Gasteiger partial charge in [-0.3, -0.25) is 9.59 Å². The molecule has 100 valence electrons. The minimum atomic E-state index is -1.47. The highest BCUT2D eigenvalue weighted by atomic mass is 32.1. The van der Waals surface area contributed by atoms with Gasteiger partial charge in [-0.2, -0.15) is 0 Å². The van der Waals surface area contributed by atoms with Crippen molar-refractivity contribution in [1.29, 1.82) is 0 Å². The van der Waals surface area contributed by atoms with E-state index in [4.69, 9.17) is 10.8 Å². The Bertz CT molecular complexity index is 444. The molecule has 0 saturated carbocycles. The smallest absolute Gasteiger partial charge is 0.306 e. The largest absolute Gasteiger partial charge is 0.481 e. The van der Waals surface area contributed by atoms with Crippen LogP contribution in [0.3, 0.4) is 0 Å². The van der Waals surface area contributed by atoms with Gasteiger partial charge in [-0.05, 0) is 6.92 Å². The number of aliphatic carboxylic acids is 1. The van der Waals surface area contributed by atoms with Crippen LogP contribution >= 0.6 is 11.3 Å². The summed E-state index contributed by atoms with van der Waals surface area (Å²) in [6.07, 6.45) is -0.381. The number of aliphatic hydroxyl groups is 1. The van der Waals surface area contributed by atoms with E-state index >= 15 is 0 Å². The maximum absolute atomic E-state index is 11.5. The number of aromatic nitrogens is 1. The van der Waals surface area contributed by atoms with E-state index in [0.29, 0.717) is 10.8 Å². The summed E-state index contributed by atoms with van der Waals surface area (Å²) in [6.45, 7) is 1.22. The Labute approximate surface area is 108 Å². The van der Waals surface area contributed by atoms with Crippen LogP contribution in [-0.4, -0.2) is 39.2 Å². The van der Waals surface area contributed by atoms with E-state index < -0.39 is 18.0 Å². The topological polar surface area (TPSA) is 126 Å².